The second-order valence-electron chi connectivity index (χ2n) is 4.38. The van der Waals surface area contributed by atoms with Crippen LogP contribution in [0.25, 0.3) is 27.6 Å². The average Bonchev–Trinajstić information content (AvgIpc) is 2.35. The lowest BCUT2D eigenvalue weighted by Gasteiger charge is -2.08. The summed E-state index contributed by atoms with van der Waals surface area (Å²) < 4.78 is 1.52. The molecule has 0 bridgehead atoms. The molecule has 1 heterocycles. The van der Waals surface area contributed by atoms with Gasteiger partial charge in [0.05, 0.1) is 16.8 Å². The monoisotopic (exact) mass is 240 g/mol. The molecule has 0 aliphatic carbocycles. The first-order valence-corrected chi connectivity index (χ1v) is 5.67. The molecule has 2 aromatic carbocycles. The second-order valence-corrected chi connectivity index (χ2v) is 4.38. The van der Waals surface area contributed by atoms with Crippen LogP contribution in [0.15, 0.2) is 35.1 Å². The molecule has 4 heteroatoms. The van der Waals surface area contributed by atoms with E-state index in [9.17, 15) is 9.90 Å². The van der Waals surface area contributed by atoms with Crippen molar-refractivity contribution in [3.8, 4) is 0 Å². The van der Waals surface area contributed by atoms with Gasteiger partial charge in [-0.1, -0.05) is 18.2 Å². The quantitative estimate of drug-likeness (QED) is 0.647. The first-order valence-electron chi connectivity index (χ1n) is 5.67. The molecule has 4 nitrogen and oxygen atoms in total. The zero-order chi connectivity index (χ0) is 12.9. The van der Waals surface area contributed by atoms with Gasteiger partial charge in [-0.25, -0.2) is 4.79 Å². The van der Waals surface area contributed by atoms with Crippen LogP contribution < -0.4 is 10.9 Å². The van der Waals surface area contributed by atoms with Crippen LogP contribution >= 0.6 is 0 Å². The Morgan fingerprint density at radius 2 is 2.06 bits per heavy atom. The number of aryl methyl sites for hydroxylation is 1. The molecule has 0 aliphatic rings. The third-order valence-corrected chi connectivity index (χ3v) is 3.24. The molecule has 0 aliphatic heterocycles. The Labute approximate surface area is 103 Å². The minimum Gasteiger partial charge on any atom is -0.512 e. The van der Waals surface area contributed by atoms with E-state index in [1.165, 1.54) is 4.57 Å². The maximum absolute atomic E-state index is 11.8. The van der Waals surface area contributed by atoms with Gasteiger partial charge in [-0.05, 0) is 24.4 Å². The van der Waals surface area contributed by atoms with Gasteiger partial charge in [-0.3, -0.25) is 4.57 Å². The van der Waals surface area contributed by atoms with Crippen LogP contribution in [0, 0.1) is 0 Å². The lowest BCUT2D eigenvalue weighted by atomic mass is 10.1. The lowest BCUT2D eigenvalue weighted by Crippen LogP contribution is -2.23. The zero-order valence-electron chi connectivity index (χ0n) is 10.1. The summed E-state index contributed by atoms with van der Waals surface area (Å²) in [6, 6.07) is 9.48. The number of nitrogens with zero attached hydrogens (tertiary/aromatic N) is 2. The van der Waals surface area contributed by atoms with Crippen molar-refractivity contribution in [3.05, 3.63) is 46.0 Å². The van der Waals surface area contributed by atoms with E-state index >= 15 is 0 Å². The third kappa shape index (κ3) is 1.32. The second kappa shape index (κ2) is 3.57. The van der Waals surface area contributed by atoms with E-state index in [0.717, 1.165) is 16.3 Å². The van der Waals surface area contributed by atoms with E-state index in [4.69, 9.17) is 0 Å². The molecule has 0 spiro atoms. The maximum Gasteiger partial charge on any atom is 0.348 e. The van der Waals surface area contributed by atoms with E-state index in [-0.39, 0.29) is 11.4 Å². The van der Waals surface area contributed by atoms with Crippen LogP contribution in [0.5, 0.6) is 0 Å². The van der Waals surface area contributed by atoms with Crippen LogP contribution in [0.1, 0.15) is 6.92 Å². The highest BCUT2D eigenvalue weighted by atomic mass is 16.3. The molecule has 90 valence electrons. The van der Waals surface area contributed by atoms with Crippen LogP contribution in [0.3, 0.4) is 0 Å². The van der Waals surface area contributed by atoms with Crippen molar-refractivity contribution >= 4 is 27.6 Å². The number of rotatable bonds is 0. The first kappa shape index (κ1) is 10.8. The number of aliphatic hydroxyl groups is 1. The molecule has 3 rings (SSSR count). The largest absolute Gasteiger partial charge is 0.512 e. The maximum atomic E-state index is 11.8. The van der Waals surface area contributed by atoms with Crippen molar-refractivity contribution in [1.29, 1.82) is 0 Å². The fraction of sp³-hybridized carbons (Fsp3) is 0.143. The standard InChI is InChI=1S/C14H12N2O2/c1-8(17)10-7-6-9-4-3-5-11-12(9)13(10)15-14(18)16(11)2/h3-7,17H,1-2H3/b10-8-. The van der Waals surface area contributed by atoms with Crippen LogP contribution in [0.4, 0.5) is 0 Å². The fourth-order valence-corrected chi connectivity index (χ4v) is 2.30. The van der Waals surface area contributed by atoms with E-state index in [1.54, 1.807) is 20.0 Å². The number of hydrogen-bond donors (Lipinski definition) is 1. The number of aliphatic hydroxyl groups excluding tert-OH is 1. The van der Waals surface area contributed by atoms with Gasteiger partial charge >= 0.3 is 5.69 Å². The van der Waals surface area contributed by atoms with E-state index < -0.39 is 0 Å². The highest BCUT2D eigenvalue weighted by Crippen LogP contribution is 2.21. The normalized spacial score (nSPS) is 13.2. The number of aromatic nitrogens is 2. The Hall–Kier alpha value is -2.36. The molecule has 0 saturated heterocycles. The van der Waals surface area contributed by atoms with Gasteiger partial charge in [0.2, 0.25) is 0 Å². The van der Waals surface area contributed by atoms with Crippen molar-refractivity contribution in [3.63, 3.8) is 0 Å². The zero-order valence-corrected chi connectivity index (χ0v) is 10.1. The predicted octanol–water partition coefficient (Wildman–Crippen LogP) is 1.49. The minimum absolute atomic E-state index is 0.169. The van der Waals surface area contributed by atoms with Crippen molar-refractivity contribution in [2.45, 2.75) is 6.92 Å². The Bertz CT molecular complexity index is 874. The minimum atomic E-state index is -0.316. The Morgan fingerprint density at radius 3 is 2.78 bits per heavy atom. The van der Waals surface area contributed by atoms with Crippen molar-refractivity contribution in [2.24, 2.45) is 7.05 Å². The topological polar surface area (TPSA) is 55.1 Å². The summed E-state index contributed by atoms with van der Waals surface area (Å²) in [6.07, 6.45) is 0. The lowest BCUT2D eigenvalue weighted by molar-refractivity contribution is 0.499. The Kier molecular flexibility index (Phi) is 2.13. The third-order valence-electron chi connectivity index (χ3n) is 3.24. The van der Waals surface area contributed by atoms with Gasteiger partial charge in [-0.2, -0.15) is 4.98 Å². The molecule has 0 fully saturated rings. The average molecular weight is 240 g/mol. The summed E-state index contributed by atoms with van der Waals surface area (Å²) in [5.41, 5.74) is 1.07. The molecule has 0 unspecified atom stereocenters. The highest BCUT2D eigenvalue weighted by molar-refractivity contribution is 6.07. The number of benzene rings is 2. The van der Waals surface area contributed by atoms with Crippen molar-refractivity contribution in [2.75, 3.05) is 0 Å². The smallest absolute Gasteiger partial charge is 0.348 e. The van der Waals surface area contributed by atoms with Gasteiger partial charge in [0.25, 0.3) is 0 Å². The summed E-state index contributed by atoms with van der Waals surface area (Å²) in [6.45, 7) is 1.60. The van der Waals surface area contributed by atoms with Gasteiger partial charge in [0.1, 0.15) is 0 Å². The molecular formula is C14H12N2O2. The molecule has 0 radical (unpaired) electrons. The Balaban J connectivity index is 2.79. The number of hydrogen-bond acceptors (Lipinski definition) is 3. The first-order chi connectivity index (χ1) is 8.59. The van der Waals surface area contributed by atoms with Gasteiger partial charge < -0.3 is 5.11 Å². The summed E-state index contributed by atoms with van der Waals surface area (Å²) >= 11 is 0. The predicted molar refractivity (Wildman–Crippen MR) is 71.4 cm³/mol. The molecular weight excluding hydrogens is 228 g/mol. The van der Waals surface area contributed by atoms with Gasteiger partial charge in [0, 0.05) is 17.7 Å². The summed E-state index contributed by atoms with van der Waals surface area (Å²) in [5.74, 6) is 0.169. The van der Waals surface area contributed by atoms with E-state index in [1.807, 2.05) is 24.3 Å². The highest BCUT2D eigenvalue weighted by Gasteiger charge is 2.09. The SMILES string of the molecule is C/C(O)=c1\ccc2cccc3c2c1nc(=O)n3C. The van der Waals surface area contributed by atoms with Crippen molar-refractivity contribution < 1.29 is 5.11 Å². The van der Waals surface area contributed by atoms with Crippen LogP contribution in [0.2, 0.25) is 0 Å². The molecule has 3 aromatic rings. The summed E-state index contributed by atoms with van der Waals surface area (Å²) in [4.78, 5) is 15.9. The van der Waals surface area contributed by atoms with Crippen LogP contribution in [-0.4, -0.2) is 14.7 Å². The van der Waals surface area contributed by atoms with Gasteiger partial charge in [0.15, 0.2) is 0 Å². The molecule has 0 amide bonds. The van der Waals surface area contributed by atoms with Crippen molar-refractivity contribution in [1.82, 2.24) is 9.55 Å². The van der Waals surface area contributed by atoms with Crippen LogP contribution in [-0.2, 0) is 7.05 Å². The van der Waals surface area contributed by atoms with E-state index in [0.29, 0.717) is 10.7 Å². The summed E-state index contributed by atoms with van der Waals surface area (Å²) in [7, 11) is 1.70. The van der Waals surface area contributed by atoms with Gasteiger partial charge in [-0.15, -0.1) is 0 Å². The molecule has 18 heavy (non-hydrogen) atoms. The fourth-order valence-electron chi connectivity index (χ4n) is 2.30. The van der Waals surface area contributed by atoms with E-state index in [2.05, 4.69) is 4.98 Å². The molecule has 0 saturated carbocycles. The molecule has 1 N–H and O–H groups in total. The molecule has 1 aromatic heterocycles. The summed E-state index contributed by atoms with van der Waals surface area (Å²) in [5, 5.41) is 12.2. The Morgan fingerprint density at radius 1 is 1.28 bits per heavy atom. The molecule has 0 atom stereocenters.